The van der Waals surface area contributed by atoms with E-state index in [2.05, 4.69) is 15.6 Å². The van der Waals surface area contributed by atoms with E-state index in [1.54, 1.807) is 43.6 Å². The second kappa shape index (κ2) is 9.49. The molecule has 2 heterocycles. The summed E-state index contributed by atoms with van der Waals surface area (Å²) in [7, 11) is 1.59. The van der Waals surface area contributed by atoms with Crippen molar-refractivity contribution in [1.82, 2.24) is 10.3 Å². The molecule has 8 nitrogen and oxygen atoms in total. The minimum Gasteiger partial charge on any atom is -0.477 e. The van der Waals surface area contributed by atoms with Crippen LogP contribution < -0.4 is 15.4 Å². The Balaban J connectivity index is 1.75. The molecular weight excluding hydrogens is 374 g/mol. The van der Waals surface area contributed by atoms with Gasteiger partial charge in [0.15, 0.2) is 0 Å². The van der Waals surface area contributed by atoms with Gasteiger partial charge in [0.2, 0.25) is 5.88 Å². The van der Waals surface area contributed by atoms with E-state index in [9.17, 15) is 9.59 Å². The highest BCUT2D eigenvalue weighted by molar-refractivity contribution is 6.07. The molecule has 2 amide bonds. The van der Waals surface area contributed by atoms with Crippen molar-refractivity contribution in [3.8, 4) is 5.88 Å². The molecule has 0 unspecified atom stereocenters. The molecule has 0 spiro atoms. The first-order valence-electron chi connectivity index (χ1n) is 9.44. The zero-order valence-corrected chi connectivity index (χ0v) is 16.7. The fourth-order valence-corrected chi connectivity index (χ4v) is 3.06. The van der Waals surface area contributed by atoms with Crippen LogP contribution in [0.3, 0.4) is 0 Å². The maximum Gasteiger partial charge on any atom is 0.261 e. The Morgan fingerprint density at radius 2 is 2.07 bits per heavy atom. The van der Waals surface area contributed by atoms with Gasteiger partial charge in [-0.1, -0.05) is 6.07 Å². The summed E-state index contributed by atoms with van der Waals surface area (Å²) in [4.78, 5) is 29.5. The number of nitrogens with zero attached hydrogens (tertiary/aromatic N) is 1. The highest BCUT2D eigenvalue weighted by atomic mass is 16.5. The number of carbonyl (C=O) groups excluding carboxylic acids is 2. The SMILES string of the molecule is CCOc1ncccc1C(=O)Nc1cc(C(=O)N[C@H]2COC[C@H]2OC)ccc1C. The van der Waals surface area contributed by atoms with Gasteiger partial charge in [0.25, 0.3) is 11.8 Å². The molecule has 1 aliphatic heterocycles. The summed E-state index contributed by atoms with van der Waals surface area (Å²) < 4.78 is 16.1. The van der Waals surface area contributed by atoms with Crippen molar-refractivity contribution in [3.63, 3.8) is 0 Å². The number of hydrogen-bond acceptors (Lipinski definition) is 6. The van der Waals surface area contributed by atoms with Crippen molar-refractivity contribution in [2.45, 2.75) is 26.0 Å². The molecule has 2 atom stereocenters. The number of aromatic nitrogens is 1. The van der Waals surface area contributed by atoms with Crippen LogP contribution in [0.25, 0.3) is 0 Å². The van der Waals surface area contributed by atoms with Gasteiger partial charge in [0, 0.05) is 24.6 Å². The highest BCUT2D eigenvalue weighted by Crippen LogP contribution is 2.21. The molecular formula is C21H25N3O5. The van der Waals surface area contributed by atoms with E-state index in [0.29, 0.717) is 36.6 Å². The lowest BCUT2D eigenvalue weighted by Gasteiger charge is -2.18. The molecule has 2 N–H and O–H groups in total. The van der Waals surface area contributed by atoms with E-state index in [-0.39, 0.29) is 29.8 Å². The normalized spacial score (nSPS) is 18.3. The van der Waals surface area contributed by atoms with Crippen LogP contribution >= 0.6 is 0 Å². The fourth-order valence-electron chi connectivity index (χ4n) is 3.06. The van der Waals surface area contributed by atoms with Gasteiger partial charge < -0.3 is 24.8 Å². The summed E-state index contributed by atoms with van der Waals surface area (Å²) in [6.45, 7) is 4.94. The first kappa shape index (κ1) is 20.8. The molecule has 0 saturated carbocycles. The lowest BCUT2D eigenvalue weighted by molar-refractivity contribution is 0.0685. The molecule has 1 aromatic carbocycles. The van der Waals surface area contributed by atoms with Crippen molar-refractivity contribution >= 4 is 17.5 Å². The van der Waals surface area contributed by atoms with Crippen LogP contribution in [0.2, 0.25) is 0 Å². The van der Waals surface area contributed by atoms with Crippen LogP contribution in [0.5, 0.6) is 5.88 Å². The molecule has 1 saturated heterocycles. The predicted molar refractivity (Wildman–Crippen MR) is 107 cm³/mol. The van der Waals surface area contributed by atoms with E-state index in [0.717, 1.165) is 5.56 Å². The summed E-state index contributed by atoms with van der Waals surface area (Å²) in [5, 5.41) is 5.77. The lowest BCUT2D eigenvalue weighted by Crippen LogP contribution is -2.43. The number of anilines is 1. The summed E-state index contributed by atoms with van der Waals surface area (Å²) in [5.41, 5.74) is 2.13. The zero-order chi connectivity index (χ0) is 20.8. The van der Waals surface area contributed by atoms with Crippen LogP contribution in [0.1, 0.15) is 33.2 Å². The Morgan fingerprint density at radius 1 is 1.24 bits per heavy atom. The standard InChI is InChI=1S/C21H25N3O5/c1-4-29-21-15(6-5-9-22-21)20(26)23-16-10-14(8-7-13(16)2)19(25)24-17-11-28-12-18(17)27-3/h5-10,17-18H,4,11-12H2,1-3H3,(H,23,26)(H,24,25)/t17-,18+/m0/s1. The third-order valence-corrected chi connectivity index (χ3v) is 4.69. The Kier molecular flexibility index (Phi) is 6.79. The van der Waals surface area contributed by atoms with E-state index in [4.69, 9.17) is 14.2 Å². The van der Waals surface area contributed by atoms with Crippen molar-refractivity contribution in [3.05, 3.63) is 53.2 Å². The van der Waals surface area contributed by atoms with Crippen molar-refractivity contribution in [1.29, 1.82) is 0 Å². The number of methoxy groups -OCH3 is 1. The minimum absolute atomic E-state index is 0.175. The van der Waals surface area contributed by atoms with Gasteiger partial charge in [-0.15, -0.1) is 0 Å². The van der Waals surface area contributed by atoms with Gasteiger partial charge in [-0.05, 0) is 43.7 Å². The monoisotopic (exact) mass is 399 g/mol. The van der Waals surface area contributed by atoms with Crippen LogP contribution in [-0.4, -0.2) is 55.9 Å². The average Bonchev–Trinajstić information content (AvgIpc) is 3.17. The predicted octanol–water partition coefficient (Wildman–Crippen LogP) is 2.18. The number of pyridine rings is 1. The Hall–Kier alpha value is -2.97. The molecule has 3 rings (SSSR count). The molecule has 1 aliphatic rings. The number of ether oxygens (including phenoxy) is 3. The number of nitrogens with one attached hydrogen (secondary N) is 2. The van der Waals surface area contributed by atoms with Gasteiger partial charge >= 0.3 is 0 Å². The number of carbonyl (C=O) groups is 2. The molecule has 8 heteroatoms. The van der Waals surface area contributed by atoms with E-state index >= 15 is 0 Å². The van der Waals surface area contributed by atoms with Gasteiger partial charge in [-0.2, -0.15) is 0 Å². The second-order valence-corrected chi connectivity index (χ2v) is 6.66. The average molecular weight is 399 g/mol. The zero-order valence-electron chi connectivity index (χ0n) is 16.7. The molecule has 2 aromatic rings. The topological polar surface area (TPSA) is 98.8 Å². The molecule has 1 aromatic heterocycles. The quantitative estimate of drug-likeness (QED) is 0.741. The van der Waals surface area contributed by atoms with E-state index < -0.39 is 0 Å². The molecule has 1 fully saturated rings. The van der Waals surface area contributed by atoms with Gasteiger partial charge in [-0.3, -0.25) is 9.59 Å². The largest absolute Gasteiger partial charge is 0.477 e. The maximum atomic E-state index is 12.7. The van der Waals surface area contributed by atoms with Crippen molar-refractivity contribution in [2.24, 2.45) is 0 Å². The smallest absolute Gasteiger partial charge is 0.261 e. The first-order chi connectivity index (χ1) is 14.0. The lowest BCUT2D eigenvalue weighted by atomic mass is 10.1. The number of rotatable bonds is 7. The molecule has 0 aliphatic carbocycles. The van der Waals surface area contributed by atoms with E-state index in [1.807, 2.05) is 13.8 Å². The van der Waals surface area contributed by atoms with Crippen LogP contribution in [0.4, 0.5) is 5.69 Å². The molecule has 0 bridgehead atoms. The van der Waals surface area contributed by atoms with Gasteiger partial charge in [-0.25, -0.2) is 4.98 Å². The van der Waals surface area contributed by atoms with Crippen LogP contribution in [0, 0.1) is 6.92 Å². The number of aryl methyl sites for hydroxylation is 1. The minimum atomic E-state index is -0.356. The fraction of sp³-hybridized carbons (Fsp3) is 0.381. The van der Waals surface area contributed by atoms with Crippen LogP contribution in [-0.2, 0) is 9.47 Å². The third-order valence-electron chi connectivity index (χ3n) is 4.69. The van der Waals surface area contributed by atoms with E-state index in [1.165, 1.54) is 0 Å². The number of amides is 2. The summed E-state index contributed by atoms with van der Waals surface area (Å²) in [6.07, 6.45) is 1.39. The Bertz CT molecular complexity index is 886. The van der Waals surface area contributed by atoms with Crippen molar-refractivity contribution in [2.75, 3.05) is 32.2 Å². The molecule has 154 valence electrons. The van der Waals surface area contributed by atoms with Crippen molar-refractivity contribution < 1.29 is 23.8 Å². The summed E-state index contributed by atoms with van der Waals surface area (Å²) >= 11 is 0. The molecule has 0 radical (unpaired) electrons. The second-order valence-electron chi connectivity index (χ2n) is 6.66. The van der Waals surface area contributed by atoms with Crippen LogP contribution in [0.15, 0.2) is 36.5 Å². The maximum absolute atomic E-state index is 12.7. The molecule has 29 heavy (non-hydrogen) atoms. The first-order valence-corrected chi connectivity index (χ1v) is 9.44. The number of hydrogen-bond donors (Lipinski definition) is 2. The Morgan fingerprint density at radius 3 is 2.83 bits per heavy atom. The summed E-state index contributed by atoms with van der Waals surface area (Å²) in [6, 6.07) is 8.26. The van der Waals surface area contributed by atoms with Gasteiger partial charge in [0.05, 0.1) is 25.9 Å². The summed E-state index contributed by atoms with van der Waals surface area (Å²) in [5.74, 6) is -0.342. The third kappa shape index (κ3) is 4.90. The highest BCUT2D eigenvalue weighted by Gasteiger charge is 2.29. The van der Waals surface area contributed by atoms with Gasteiger partial charge in [0.1, 0.15) is 11.7 Å². The Labute approximate surface area is 169 Å². The number of benzene rings is 1.